The van der Waals surface area contributed by atoms with E-state index in [0.29, 0.717) is 29.4 Å². The molecule has 0 fully saturated rings. The first-order valence-corrected chi connectivity index (χ1v) is 9.48. The summed E-state index contributed by atoms with van der Waals surface area (Å²) in [5.74, 6) is 1.47. The topological polar surface area (TPSA) is 35.5 Å². The quantitative estimate of drug-likeness (QED) is 0.536. The Morgan fingerprint density at radius 1 is 1.00 bits per heavy atom. The minimum absolute atomic E-state index is 0.0972. The molecule has 1 aliphatic rings. The van der Waals surface area contributed by atoms with Crippen molar-refractivity contribution < 1.29 is 14.3 Å². The van der Waals surface area contributed by atoms with E-state index in [0.717, 1.165) is 17.5 Å². The SMILES string of the molecule is CCc1ccc(/C=C2/Oc3cc(OCc4ccccc4C)ccc3C2=O)cc1. The van der Waals surface area contributed by atoms with E-state index in [4.69, 9.17) is 9.47 Å². The number of benzene rings is 3. The average molecular weight is 370 g/mol. The Kier molecular flexibility index (Phi) is 4.98. The second-order valence-electron chi connectivity index (χ2n) is 6.91. The Labute approximate surface area is 165 Å². The summed E-state index contributed by atoms with van der Waals surface area (Å²) in [7, 11) is 0. The van der Waals surface area contributed by atoms with Crippen LogP contribution < -0.4 is 9.47 Å². The number of fused-ring (bicyclic) bond motifs is 1. The Morgan fingerprint density at radius 2 is 1.79 bits per heavy atom. The monoisotopic (exact) mass is 370 g/mol. The number of ketones is 1. The summed E-state index contributed by atoms with van der Waals surface area (Å²) in [6, 6.07) is 21.6. The molecule has 3 aromatic rings. The second kappa shape index (κ2) is 7.73. The van der Waals surface area contributed by atoms with Gasteiger partial charge in [-0.1, -0.05) is 55.5 Å². The summed E-state index contributed by atoms with van der Waals surface area (Å²) >= 11 is 0. The third kappa shape index (κ3) is 3.70. The molecule has 0 aromatic heterocycles. The Hall–Kier alpha value is -3.33. The van der Waals surface area contributed by atoms with Crippen LogP contribution in [0, 0.1) is 6.92 Å². The zero-order valence-electron chi connectivity index (χ0n) is 16.1. The van der Waals surface area contributed by atoms with E-state index < -0.39 is 0 Å². The Bertz CT molecular complexity index is 1050. The molecule has 4 rings (SSSR count). The van der Waals surface area contributed by atoms with Gasteiger partial charge >= 0.3 is 0 Å². The first kappa shape index (κ1) is 18.1. The van der Waals surface area contributed by atoms with Crippen LogP contribution in [-0.4, -0.2) is 5.78 Å². The molecule has 3 nitrogen and oxygen atoms in total. The number of hydrogen-bond acceptors (Lipinski definition) is 3. The Morgan fingerprint density at radius 3 is 2.54 bits per heavy atom. The third-order valence-corrected chi connectivity index (χ3v) is 4.98. The Balaban J connectivity index is 1.50. The molecule has 0 spiro atoms. The number of rotatable bonds is 5. The number of allylic oxidation sites excluding steroid dienone is 1. The van der Waals surface area contributed by atoms with Gasteiger partial charge in [-0.3, -0.25) is 4.79 Å². The third-order valence-electron chi connectivity index (χ3n) is 4.98. The first-order chi connectivity index (χ1) is 13.6. The van der Waals surface area contributed by atoms with Gasteiger partial charge in [-0.15, -0.1) is 0 Å². The summed E-state index contributed by atoms with van der Waals surface area (Å²) in [5, 5.41) is 0. The molecular formula is C25H22O3. The lowest BCUT2D eigenvalue weighted by Gasteiger charge is -2.09. The second-order valence-corrected chi connectivity index (χ2v) is 6.91. The number of carbonyl (C=O) groups is 1. The van der Waals surface area contributed by atoms with Crippen molar-refractivity contribution in [2.75, 3.05) is 0 Å². The molecule has 0 aliphatic carbocycles. The van der Waals surface area contributed by atoms with Crippen LogP contribution in [0.15, 0.2) is 72.5 Å². The van der Waals surface area contributed by atoms with E-state index in [-0.39, 0.29) is 5.78 Å². The molecule has 1 aliphatic heterocycles. The first-order valence-electron chi connectivity index (χ1n) is 9.48. The van der Waals surface area contributed by atoms with Crippen LogP contribution in [0.5, 0.6) is 11.5 Å². The fourth-order valence-corrected chi connectivity index (χ4v) is 3.19. The van der Waals surface area contributed by atoms with Gasteiger partial charge in [0.2, 0.25) is 5.78 Å². The highest BCUT2D eigenvalue weighted by atomic mass is 16.5. The predicted molar refractivity (Wildman–Crippen MR) is 111 cm³/mol. The number of hydrogen-bond donors (Lipinski definition) is 0. The molecule has 0 saturated heterocycles. The molecule has 0 atom stereocenters. The highest BCUT2D eigenvalue weighted by molar-refractivity contribution is 6.14. The zero-order valence-corrected chi connectivity index (χ0v) is 16.1. The molecule has 140 valence electrons. The van der Waals surface area contributed by atoms with Gasteiger partial charge in [-0.2, -0.15) is 0 Å². The normalized spacial score (nSPS) is 14.1. The predicted octanol–water partition coefficient (Wildman–Crippen LogP) is 5.75. The van der Waals surface area contributed by atoms with Crippen molar-refractivity contribution in [1.82, 2.24) is 0 Å². The minimum atomic E-state index is -0.0972. The summed E-state index contributed by atoms with van der Waals surface area (Å²) in [6.45, 7) is 4.66. The van der Waals surface area contributed by atoms with Crippen molar-refractivity contribution >= 4 is 11.9 Å². The van der Waals surface area contributed by atoms with Gasteiger partial charge < -0.3 is 9.47 Å². The van der Waals surface area contributed by atoms with Crippen LogP contribution in [0.4, 0.5) is 0 Å². The highest BCUT2D eigenvalue weighted by Crippen LogP contribution is 2.35. The van der Waals surface area contributed by atoms with Crippen LogP contribution >= 0.6 is 0 Å². The molecular weight excluding hydrogens is 348 g/mol. The number of ether oxygens (including phenoxy) is 2. The summed E-state index contributed by atoms with van der Waals surface area (Å²) in [5.41, 5.74) is 5.11. The highest BCUT2D eigenvalue weighted by Gasteiger charge is 2.27. The molecule has 3 heteroatoms. The van der Waals surface area contributed by atoms with Gasteiger partial charge in [0.25, 0.3) is 0 Å². The molecule has 3 aromatic carbocycles. The maximum atomic E-state index is 12.6. The molecule has 0 unspecified atom stereocenters. The van der Waals surface area contributed by atoms with Gasteiger partial charge in [-0.25, -0.2) is 0 Å². The van der Waals surface area contributed by atoms with Crippen molar-refractivity contribution in [3.63, 3.8) is 0 Å². The van der Waals surface area contributed by atoms with Crippen molar-refractivity contribution in [2.24, 2.45) is 0 Å². The van der Waals surface area contributed by atoms with Crippen molar-refractivity contribution in [3.05, 3.63) is 100 Å². The van der Waals surface area contributed by atoms with Crippen LogP contribution in [0.3, 0.4) is 0 Å². The van der Waals surface area contributed by atoms with Crippen molar-refractivity contribution in [3.8, 4) is 11.5 Å². The minimum Gasteiger partial charge on any atom is -0.489 e. The van der Waals surface area contributed by atoms with E-state index in [1.807, 2.05) is 36.4 Å². The smallest absolute Gasteiger partial charge is 0.231 e. The lowest BCUT2D eigenvalue weighted by Crippen LogP contribution is -1.98. The number of carbonyl (C=O) groups excluding carboxylic acids is 1. The van der Waals surface area contributed by atoms with Crippen LogP contribution in [0.25, 0.3) is 6.08 Å². The fraction of sp³-hybridized carbons (Fsp3) is 0.160. The van der Waals surface area contributed by atoms with Gasteiger partial charge in [0.1, 0.15) is 18.1 Å². The fourth-order valence-electron chi connectivity index (χ4n) is 3.19. The lowest BCUT2D eigenvalue weighted by molar-refractivity contribution is 0.101. The van der Waals surface area contributed by atoms with E-state index in [1.165, 1.54) is 11.1 Å². The van der Waals surface area contributed by atoms with Crippen LogP contribution in [0.1, 0.15) is 39.5 Å². The summed E-state index contributed by atoms with van der Waals surface area (Å²) in [4.78, 5) is 12.6. The molecule has 28 heavy (non-hydrogen) atoms. The number of aryl methyl sites for hydroxylation is 2. The molecule has 0 N–H and O–H groups in total. The van der Waals surface area contributed by atoms with Gasteiger partial charge in [0.15, 0.2) is 5.76 Å². The van der Waals surface area contributed by atoms with E-state index >= 15 is 0 Å². The average Bonchev–Trinajstić information content (AvgIpc) is 3.03. The van der Waals surface area contributed by atoms with E-state index in [9.17, 15) is 4.79 Å². The van der Waals surface area contributed by atoms with E-state index in [1.54, 1.807) is 18.2 Å². The standard InChI is InChI=1S/C25H22O3/c1-3-18-8-10-19(11-9-18)14-24-25(26)22-13-12-21(15-23(22)28-24)27-16-20-7-5-4-6-17(20)2/h4-15H,3,16H2,1-2H3/b24-14+. The summed E-state index contributed by atoms with van der Waals surface area (Å²) < 4.78 is 11.7. The molecule has 0 saturated carbocycles. The van der Waals surface area contributed by atoms with Crippen molar-refractivity contribution in [2.45, 2.75) is 26.9 Å². The van der Waals surface area contributed by atoms with Crippen LogP contribution in [-0.2, 0) is 13.0 Å². The van der Waals surface area contributed by atoms with Gasteiger partial charge in [0.05, 0.1) is 5.56 Å². The van der Waals surface area contributed by atoms with Crippen LogP contribution in [0.2, 0.25) is 0 Å². The van der Waals surface area contributed by atoms with Gasteiger partial charge in [-0.05, 0) is 53.8 Å². The van der Waals surface area contributed by atoms with E-state index in [2.05, 4.69) is 32.0 Å². The molecule has 0 radical (unpaired) electrons. The molecule has 0 amide bonds. The largest absolute Gasteiger partial charge is 0.489 e. The lowest BCUT2D eigenvalue weighted by atomic mass is 10.1. The maximum Gasteiger partial charge on any atom is 0.231 e. The maximum absolute atomic E-state index is 12.6. The van der Waals surface area contributed by atoms with Gasteiger partial charge in [0, 0.05) is 6.07 Å². The molecule has 1 heterocycles. The van der Waals surface area contributed by atoms with Crippen molar-refractivity contribution in [1.29, 1.82) is 0 Å². The zero-order chi connectivity index (χ0) is 19.5. The summed E-state index contributed by atoms with van der Waals surface area (Å²) in [6.07, 6.45) is 2.78. The molecule has 0 bridgehead atoms. The number of Topliss-reactive ketones (excluding diaryl/α,β-unsaturated/α-hetero) is 1.